The van der Waals surface area contributed by atoms with Gasteiger partial charge in [0.05, 0.1) is 24.5 Å². The molecular formula is C16H13FN2O2. The van der Waals surface area contributed by atoms with Gasteiger partial charge in [0.1, 0.15) is 5.75 Å². The van der Waals surface area contributed by atoms with E-state index in [1.54, 1.807) is 6.20 Å². The zero-order valence-corrected chi connectivity index (χ0v) is 11.3. The molecule has 5 heteroatoms. The zero-order valence-electron chi connectivity index (χ0n) is 11.3. The Morgan fingerprint density at radius 1 is 1.10 bits per heavy atom. The molecule has 0 fully saturated rings. The molecule has 0 unspecified atom stereocenters. The minimum atomic E-state index is -0.529. The third-order valence-electron chi connectivity index (χ3n) is 3.08. The van der Waals surface area contributed by atoms with Gasteiger partial charge in [0.15, 0.2) is 17.3 Å². The first-order valence-corrected chi connectivity index (χ1v) is 6.33. The average Bonchev–Trinajstić information content (AvgIpc) is 2.50. The summed E-state index contributed by atoms with van der Waals surface area (Å²) in [4.78, 5) is 4.30. The van der Waals surface area contributed by atoms with Crippen LogP contribution in [0.15, 0.2) is 48.7 Å². The van der Waals surface area contributed by atoms with E-state index in [1.807, 2.05) is 30.3 Å². The maximum atomic E-state index is 13.5. The Hall–Kier alpha value is -2.82. The van der Waals surface area contributed by atoms with Crippen molar-refractivity contribution in [3.8, 4) is 17.2 Å². The summed E-state index contributed by atoms with van der Waals surface area (Å²) < 4.78 is 24.1. The van der Waals surface area contributed by atoms with Crippen molar-refractivity contribution in [3.05, 3.63) is 54.5 Å². The first-order valence-electron chi connectivity index (χ1n) is 6.33. The SMILES string of the molecule is COc1cc(Oc2cnc3ccccc3c2)c(N)cc1F. The fraction of sp³-hybridized carbons (Fsp3) is 0.0625. The molecule has 0 saturated carbocycles. The Kier molecular flexibility index (Phi) is 3.31. The lowest BCUT2D eigenvalue weighted by Crippen LogP contribution is -1.96. The largest absolute Gasteiger partial charge is 0.494 e. The van der Waals surface area contributed by atoms with E-state index in [2.05, 4.69) is 4.98 Å². The van der Waals surface area contributed by atoms with Crippen molar-refractivity contribution in [2.24, 2.45) is 0 Å². The number of benzene rings is 2. The number of hydrogen-bond donors (Lipinski definition) is 1. The van der Waals surface area contributed by atoms with Crippen molar-refractivity contribution < 1.29 is 13.9 Å². The molecule has 0 aliphatic heterocycles. The number of hydrogen-bond acceptors (Lipinski definition) is 4. The van der Waals surface area contributed by atoms with Crippen LogP contribution in [0.5, 0.6) is 17.2 Å². The second-order valence-electron chi connectivity index (χ2n) is 4.49. The zero-order chi connectivity index (χ0) is 14.8. The van der Waals surface area contributed by atoms with Gasteiger partial charge in [0.2, 0.25) is 0 Å². The summed E-state index contributed by atoms with van der Waals surface area (Å²) in [7, 11) is 1.38. The number of rotatable bonds is 3. The predicted molar refractivity (Wildman–Crippen MR) is 79.2 cm³/mol. The standard InChI is InChI=1S/C16H13FN2O2/c1-20-15-8-16(13(18)7-12(15)17)21-11-6-10-4-2-3-5-14(10)19-9-11/h2-9H,18H2,1H3. The number of para-hydroxylation sites is 1. The average molecular weight is 284 g/mol. The topological polar surface area (TPSA) is 57.4 Å². The van der Waals surface area contributed by atoms with Crippen molar-refractivity contribution in [1.29, 1.82) is 0 Å². The maximum Gasteiger partial charge on any atom is 0.167 e. The Balaban J connectivity index is 1.98. The first kappa shape index (κ1) is 13.2. The van der Waals surface area contributed by atoms with E-state index < -0.39 is 5.82 Å². The van der Waals surface area contributed by atoms with E-state index >= 15 is 0 Å². The van der Waals surface area contributed by atoms with Crippen LogP contribution in [0.4, 0.5) is 10.1 Å². The summed E-state index contributed by atoms with van der Waals surface area (Å²) in [5.74, 6) is 0.395. The Labute approximate surface area is 120 Å². The van der Waals surface area contributed by atoms with Gasteiger partial charge in [0.25, 0.3) is 0 Å². The summed E-state index contributed by atoms with van der Waals surface area (Å²) in [6.45, 7) is 0. The second kappa shape index (κ2) is 5.28. The summed E-state index contributed by atoms with van der Waals surface area (Å²) in [5.41, 5.74) is 6.83. The molecule has 0 saturated heterocycles. The molecule has 2 N–H and O–H groups in total. The third-order valence-corrected chi connectivity index (χ3v) is 3.08. The second-order valence-corrected chi connectivity index (χ2v) is 4.49. The van der Waals surface area contributed by atoms with Crippen LogP contribution in [0, 0.1) is 5.82 Å². The molecule has 4 nitrogen and oxygen atoms in total. The van der Waals surface area contributed by atoms with Crippen molar-refractivity contribution in [1.82, 2.24) is 4.98 Å². The van der Waals surface area contributed by atoms with Crippen molar-refractivity contribution in [3.63, 3.8) is 0 Å². The lowest BCUT2D eigenvalue weighted by atomic mass is 10.2. The highest BCUT2D eigenvalue weighted by Gasteiger charge is 2.10. The van der Waals surface area contributed by atoms with Gasteiger partial charge < -0.3 is 15.2 Å². The molecule has 0 spiro atoms. The van der Waals surface area contributed by atoms with E-state index in [0.717, 1.165) is 10.9 Å². The summed E-state index contributed by atoms with van der Waals surface area (Å²) in [6.07, 6.45) is 1.59. The lowest BCUT2D eigenvalue weighted by Gasteiger charge is -2.11. The van der Waals surface area contributed by atoms with E-state index in [0.29, 0.717) is 11.5 Å². The number of nitrogens with two attached hydrogens (primary N) is 1. The van der Waals surface area contributed by atoms with E-state index in [9.17, 15) is 4.39 Å². The van der Waals surface area contributed by atoms with Crippen LogP contribution >= 0.6 is 0 Å². The van der Waals surface area contributed by atoms with Gasteiger partial charge in [-0.25, -0.2) is 4.39 Å². The highest BCUT2D eigenvalue weighted by molar-refractivity contribution is 5.79. The number of nitrogen functional groups attached to an aromatic ring is 1. The summed E-state index contributed by atoms with van der Waals surface area (Å²) in [6, 6.07) is 12.1. The van der Waals surface area contributed by atoms with E-state index in [-0.39, 0.29) is 11.4 Å². The molecule has 1 heterocycles. The van der Waals surface area contributed by atoms with Gasteiger partial charge in [-0.3, -0.25) is 4.98 Å². The van der Waals surface area contributed by atoms with Crippen molar-refractivity contribution in [2.75, 3.05) is 12.8 Å². The molecule has 21 heavy (non-hydrogen) atoms. The Bertz CT molecular complexity index is 805. The van der Waals surface area contributed by atoms with Gasteiger partial charge in [-0.2, -0.15) is 0 Å². The van der Waals surface area contributed by atoms with Gasteiger partial charge in [-0.15, -0.1) is 0 Å². The molecule has 1 aromatic heterocycles. The third kappa shape index (κ3) is 2.58. The number of anilines is 1. The van der Waals surface area contributed by atoms with Crippen molar-refractivity contribution in [2.45, 2.75) is 0 Å². The molecule has 0 radical (unpaired) electrons. The number of aromatic nitrogens is 1. The monoisotopic (exact) mass is 284 g/mol. The normalized spacial score (nSPS) is 10.6. The van der Waals surface area contributed by atoms with Crippen LogP contribution in [0.3, 0.4) is 0 Å². The molecule has 106 valence electrons. The molecule has 3 aromatic rings. The van der Waals surface area contributed by atoms with Gasteiger partial charge in [0, 0.05) is 17.5 Å². The molecule has 0 atom stereocenters. The number of ether oxygens (including phenoxy) is 2. The molecular weight excluding hydrogens is 271 g/mol. The quantitative estimate of drug-likeness (QED) is 0.744. The smallest absolute Gasteiger partial charge is 0.167 e. The molecule has 3 rings (SSSR count). The number of methoxy groups -OCH3 is 1. The predicted octanol–water partition coefficient (Wildman–Crippen LogP) is 3.76. The van der Waals surface area contributed by atoms with Crippen molar-refractivity contribution >= 4 is 16.6 Å². The number of pyridine rings is 1. The maximum absolute atomic E-state index is 13.5. The summed E-state index contributed by atoms with van der Waals surface area (Å²) >= 11 is 0. The first-order chi connectivity index (χ1) is 10.2. The number of nitrogens with zero attached hydrogens (tertiary/aromatic N) is 1. The fourth-order valence-electron chi connectivity index (χ4n) is 2.03. The van der Waals surface area contributed by atoms with Crippen LogP contribution in [0.1, 0.15) is 0 Å². The van der Waals surface area contributed by atoms with Crippen LogP contribution < -0.4 is 15.2 Å². The fourth-order valence-corrected chi connectivity index (χ4v) is 2.03. The highest BCUT2D eigenvalue weighted by atomic mass is 19.1. The Morgan fingerprint density at radius 2 is 1.90 bits per heavy atom. The molecule has 0 aliphatic rings. The van der Waals surface area contributed by atoms with Crippen LogP contribution in [-0.4, -0.2) is 12.1 Å². The van der Waals surface area contributed by atoms with E-state index in [4.69, 9.17) is 15.2 Å². The van der Waals surface area contributed by atoms with Crippen LogP contribution in [0.2, 0.25) is 0 Å². The van der Waals surface area contributed by atoms with E-state index in [1.165, 1.54) is 19.2 Å². The minimum absolute atomic E-state index is 0.0768. The molecule has 0 bridgehead atoms. The van der Waals surface area contributed by atoms with Gasteiger partial charge in [-0.1, -0.05) is 18.2 Å². The number of halogens is 1. The Morgan fingerprint density at radius 3 is 2.71 bits per heavy atom. The molecule has 0 aliphatic carbocycles. The van der Waals surface area contributed by atoms with Crippen LogP contribution in [-0.2, 0) is 0 Å². The molecule has 0 amide bonds. The highest BCUT2D eigenvalue weighted by Crippen LogP contribution is 2.33. The summed E-state index contributed by atoms with van der Waals surface area (Å²) in [5, 5.41) is 0.947. The van der Waals surface area contributed by atoms with Gasteiger partial charge >= 0.3 is 0 Å². The number of fused-ring (bicyclic) bond motifs is 1. The minimum Gasteiger partial charge on any atom is -0.494 e. The lowest BCUT2D eigenvalue weighted by molar-refractivity contribution is 0.382. The molecule has 2 aromatic carbocycles. The van der Waals surface area contributed by atoms with Crippen LogP contribution in [0.25, 0.3) is 10.9 Å². The van der Waals surface area contributed by atoms with Gasteiger partial charge in [-0.05, 0) is 12.1 Å².